The van der Waals surface area contributed by atoms with Gasteiger partial charge in [0, 0.05) is 18.5 Å². The molecule has 2 aromatic rings. The molecule has 0 saturated heterocycles. The SMILES string of the molecule is N[C@@H]1CCC[C@H]1CC(=O)Nc1nc2cc(F)c(F)cc2s1. The fourth-order valence-electron chi connectivity index (χ4n) is 2.70. The number of halogens is 2. The number of hydrogen-bond acceptors (Lipinski definition) is 4. The Morgan fingerprint density at radius 2 is 2.14 bits per heavy atom. The summed E-state index contributed by atoms with van der Waals surface area (Å²) < 4.78 is 26.8. The van der Waals surface area contributed by atoms with Gasteiger partial charge in [-0.25, -0.2) is 13.8 Å². The lowest BCUT2D eigenvalue weighted by molar-refractivity contribution is -0.117. The highest BCUT2D eigenvalue weighted by molar-refractivity contribution is 7.22. The normalized spacial score (nSPS) is 21.9. The average molecular weight is 311 g/mol. The zero-order chi connectivity index (χ0) is 15.0. The van der Waals surface area contributed by atoms with E-state index in [1.807, 2.05) is 0 Å². The van der Waals surface area contributed by atoms with Crippen molar-refractivity contribution in [3.63, 3.8) is 0 Å². The van der Waals surface area contributed by atoms with E-state index in [0.29, 0.717) is 21.8 Å². The van der Waals surface area contributed by atoms with E-state index in [9.17, 15) is 13.6 Å². The van der Waals surface area contributed by atoms with Crippen LogP contribution >= 0.6 is 11.3 Å². The number of hydrogen-bond donors (Lipinski definition) is 2. The third kappa shape index (κ3) is 3.03. The van der Waals surface area contributed by atoms with Crippen molar-refractivity contribution in [1.29, 1.82) is 0 Å². The molecule has 0 spiro atoms. The van der Waals surface area contributed by atoms with E-state index in [1.165, 1.54) is 0 Å². The first-order valence-electron chi connectivity index (χ1n) is 6.84. The molecular formula is C14H15F2N3OS. The van der Waals surface area contributed by atoms with Gasteiger partial charge in [-0.05, 0) is 24.8 Å². The summed E-state index contributed by atoms with van der Waals surface area (Å²) in [7, 11) is 0. The quantitative estimate of drug-likeness (QED) is 0.915. The Hall–Kier alpha value is -1.60. The van der Waals surface area contributed by atoms with Gasteiger partial charge in [0.15, 0.2) is 16.8 Å². The minimum absolute atomic E-state index is 0.0781. The molecule has 1 saturated carbocycles. The van der Waals surface area contributed by atoms with Crippen LogP contribution in [0.2, 0.25) is 0 Å². The number of rotatable bonds is 3. The molecule has 1 aromatic heterocycles. The predicted molar refractivity (Wildman–Crippen MR) is 78.1 cm³/mol. The fourth-order valence-corrected chi connectivity index (χ4v) is 3.59. The van der Waals surface area contributed by atoms with Crippen molar-refractivity contribution in [1.82, 2.24) is 4.98 Å². The largest absolute Gasteiger partial charge is 0.327 e. The maximum Gasteiger partial charge on any atom is 0.226 e. The van der Waals surface area contributed by atoms with Gasteiger partial charge in [0.2, 0.25) is 5.91 Å². The summed E-state index contributed by atoms with van der Waals surface area (Å²) >= 11 is 1.13. The van der Waals surface area contributed by atoms with E-state index in [-0.39, 0.29) is 17.9 Å². The van der Waals surface area contributed by atoms with Gasteiger partial charge in [-0.15, -0.1) is 0 Å². The van der Waals surface area contributed by atoms with Gasteiger partial charge in [-0.2, -0.15) is 0 Å². The van der Waals surface area contributed by atoms with Crippen LogP contribution in [0.5, 0.6) is 0 Å². The Morgan fingerprint density at radius 1 is 1.38 bits per heavy atom. The Labute approximate surface area is 124 Å². The smallest absolute Gasteiger partial charge is 0.226 e. The van der Waals surface area contributed by atoms with Crippen LogP contribution in [-0.4, -0.2) is 16.9 Å². The van der Waals surface area contributed by atoms with Crippen molar-refractivity contribution in [2.45, 2.75) is 31.7 Å². The van der Waals surface area contributed by atoms with Crippen LogP contribution in [0.25, 0.3) is 10.2 Å². The first-order chi connectivity index (χ1) is 10.0. The third-order valence-corrected chi connectivity index (χ3v) is 4.78. The third-order valence-electron chi connectivity index (χ3n) is 3.84. The van der Waals surface area contributed by atoms with Gasteiger partial charge in [-0.1, -0.05) is 17.8 Å². The number of anilines is 1. The summed E-state index contributed by atoms with van der Waals surface area (Å²) in [5.41, 5.74) is 6.28. The maximum atomic E-state index is 13.1. The summed E-state index contributed by atoms with van der Waals surface area (Å²) in [5.74, 6) is -1.81. The first-order valence-corrected chi connectivity index (χ1v) is 7.65. The summed E-state index contributed by atoms with van der Waals surface area (Å²) in [6.45, 7) is 0. The predicted octanol–water partition coefficient (Wildman–Crippen LogP) is 3.03. The van der Waals surface area contributed by atoms with Crippen LogP contribution in [0.3, 0.4) is 0 Å². The summed E-state index contributed by atoms with van der Waals surface area (Å²) in [4.78, 5) is 16.1. The van der Waals surface area contributed by atoms with E-state index in [1.54, 1.807) is 0 Å². The lowest BCUT2D eigenvalue weighted by Gasteiger charge is -2.13. The molecule has 1 aliphatic carbocycles. The molecule has 21 heavy (non-hydrogen) atoms. The highest BCUT2D eigenvalue weighted by Gasteiger charge is 2.26. The Morgan fingerprint density at radius 3 is 2.86 bits per heavy atom. The number of thiazole rings is 1. The molecule has 1 fully saturated rings. The molecule has 112 valence electrons. The molecule has 4 nitrogen and oxygen atoms in total. The minimum Gasteiger partial charge on any atom is -0.327 e. The van der Waals surface area contributed by atoms with Crippen molar-refractivity contribution in [3.8, 4) is 0 Å². The van der Waals surface area contributed by atoms with Gasteiger partial charge < -0.3 is 11.1 Å². The Balaban J connectivity index is 1.71. The van der Waals surface area contributed by atoms with Crippen LogP contribution < -0.4 is 11.1 Å². The Bertz CT molecular complexity index is 649. The van der Waals surface area contributed by atoms with Crippen LogP contribution in [-0.2, 0) is 4.79 Å². The van der Waals surface area contributed by atoms with E-state index >= 15 is 0 Å². The number of aromatic nitrogens is 1. The van der Waals surface area contributed by atoms with E-state index in [0.717, 1.165) is 42.7 Å². The maximum absolute atomic E-state index is 13.1. The zero-order valence-electron chi connectivity index (χ0n) is 11.2. The van der Waals surface area contributed by atoms with Crippen LogP contribution in [0.1, 0.15) is 25.7 Å². The molecule has 7 heteroatoms. The summed E-state index contributed by atoms with van der Waals surface area (Å²) in [6, 6.07) is 2.20. The van der Waals surface area contributed by atoms with Gasteiger partial charge in [-0.3, -0.25) is 4.79 Å². The number of amides is 1. The molecule has 1 aromatic carbocycles. The van der Waals surface area contributed by atoms with Crippen molar-refractivity contribution in [2.75, 3.05) is 5.32 Å². The van der Waals surface area contributed by atoms with Crippen LogP contribution in [0, 0.1) is 17.6 Å². The van der Waals surface area contributed by atoms with Crippen molar-refractivity contribution in [2.24, 2.45) is 11.7 Å². The number of nitrogens with two attached hydrogens (primary N) is 1. The van der Waals surface area contributed by atoms with E-state index < -0.39 is 11.6 Å². The number of carbonyl (C=O) groups excluding carboxylic acids is 1. The minimum atomic E-state index is -0.942. The average Bonchev–Trinajstić information content (AvgIpc) is 2.97. The summed E-state index contributed by atoms with van der Waals surface area (Å²) in [5, 5.41) is 3.04. The standard InChI is InChI=1S/C14H15F2N3OS/c15-8-5-11-12(6-9(8)16)21-14(18-11)19-13(20)4-7-2-1-3-10(7)17/h5-7,10H,1-4,17H2,(H,18,19,20)/t7-,10+/m0/s1. The van der Waals surface area contributed by atoms with Crippen molar-refractivity contribution >= 4 is 32.6 Å². The van der Waals surface area contributed by atoms with Crippen LogP contribution in [0.15, 0.2) is 12.1 Å². The number of carbonyl (C=O) groups is 1. The molecule has 0 aliphatic heterocycles. The number of benzene rings is 1. The van der Waals surface area contributed by atoms with E-state index in [4.69, 9.17) is 5.73 Å². The van der Waals surface area contributed by atoms with Crippen molar-refractivity contribution < 1.29 is 13.6 Å². The molecule has 0 bridgehead atoms. The summed E-state index contributed by atoms with van der Waals surface area (Å²) in [6.07, 6.45) is 3.33. The molecule has 1 heterocycles. The fraction of sp³-hybridized carbons (Fsp3) is 0.429. The second-order valence-electron chi connectivity index (χ2n) is 5.36. The van der Waals surface area contributed by atoms with E-state index in [2.05, 4.69) is 10.3 Å². The second kappa shape index (κ2) is 5.65. The molecule has 1 aliphatic rings. The van der Waals surface area contributed by atoms with Gasteiger partial charge >= 0.3 is 0 Å². The van der Waals surface area contributed by atoms with Crippen LogP contribution in [0.4, 0.5) is 13.9 Å². The monoisotopic (exact) mass is 311 g/mol. The molecule has 0 radical (unpaired) electrons. The second-order valence-corrected chi connectivity index (χ2v) is 6.39. The number of fused-ring (bicyclic) bond motifs is 1. The highest BCUT2D eigenvalue weighted by Crippen LogP contribution is 2.30. The first kappa shape index (κ1) is 14.3. The molecule has 1 amide bonds. The molecule has 3 rings (SSSR count). The lowest BCUT2D eigenvalue weighted by Crippen LogP contribution is -2.28. The molecular weight excluding hydrogens is 296 g/mol. The highest BCUT2D eigenvalue weighted by atomic mass is 32.1. The molecule has 2 atom stereocenters. The number of nitrogens with one attached hydrogen (secondary N) is 1. The lowest BCUT2D eigenvalue weighted by atomic mass is 10.00. The van der Waals surface area contributed by atoms with Gasteiger partial charge in [0.05, 0.1) is 10.2 Å². The zero-order valence-corrected chi connectivity index (χ0v) is 12.1. The topological polar surface area (TPSA) is 68.0 Å². The molecule has 0 unspecified atom stereocenters. The van der Waals surface area contributed by atoms with Gasteiger partial charge in [0.25, 0.3) is 0 Å². The van der Waals surface area contributed by atoms with Crippen molar-refractivity contribution in [3.05, 3.63) is 23.8 Å². The molecule has 3 N–H and O–H groups in total. The van der Waals surface area contributed by atoms with Gasteiger partial charge in [0.1, 0.15) is 0 Å². The Kier molecular flexibility index (Phi) is 3.86. The number of nitrogens with zero attached hydrogens (tertiary/aromatic N) is 1.